The van der Waals surface area contributed by atoms with Crippen molar-refractivity contribution in [3.63, 3.8) is 0 Å². The number of hydrogen-bond acceptors (Lipinski definition) is 7. The van der Waals surface area contributed by atoms with Gasteiger partial charge in [0, 0.05) is 4.88 Å². The number of carbonyl (C=O) groups is 2. The standard InChI is InChI=1S/C10H11N5O3S2/c16-8(11-4-9(17)18)6-20-10-12-13-14-15(10)5-7-2-1-3-19-7/h1-3H,4-6H2,(H,11,16)(H,17,18). The number of nitrogens with zero attached hydrogens (tertiary/aromatic N) is 4. The molecule has 0 radical (unpaired) electrons. The third kappa shape index (κ3) is 4.31. The minimum atomic E-state index is -1.08. The summed E-state index contributed by atoms with van der Waals surface area (Å²) < 4.78 is 1.60. The topological polar surface area (TPSA) is 110 Å². The maximum atomic E-state index is 11.4. The van der Waals surface area contributed by atoms with Crippen molar-refractivity contribution >= 4 is 35.0 Å². The van der Waals surface area contributed by atoms with Crippen molar-refractivity contribution in [3.8, 4) is 0 Å². The molecule has 0 spiro atoms. The number of amides is 1. The van der Waals surface area contributed by atoms with Crippen molar-refractivity contribution < 1.29 is 14.7 Å². The molecular weight excluding hydrogens is 302 g/mol. The Hall–Kier alpha value is -1.94. The number of carbonyl (C=O) groups excluding carboxylic acids is 1. The number of thioether (sulfide) groups is 1. The van der Waals surface area contributed by atoms with E-state index in [2.05, 4.69) is 20.8 Å². The van der Waals surface area contributed by atoms with E-state index in [1.165, 1.54) is 0 Å². The third-order valence-electron chi connectivity index (χ3n) is 2.15. The molecule has 8 nitrogen and oxygen atoms in total. The van der Waals surface area contributed by atoms with Crippen molar-refractivity contribution in [1.82, 2.24) is 25.5 Å². The molecule has 0 saturated heterocycles. The minimum Gasteiger partial charge on any atom is -0.480 e. The van der Waals surface area contributed by atoms with Crippen molar-refractivity contribution in [2.75, 3.05) is 12.3 Å². The van der Waals surface area contributed by atoms with Gasteiger partial charge in [0.25, 0.3) is 0 Å². The second-order valence-corrected chi connectivity index (χ2v) is 5.63. The molecule has 2 N–H and O–H groups in total. The minimum absolute atomic E-state index is 0.0676. The molecule has 0 saturated carbocycles. The molecule has 1 amide bonds. The molecule has 0 bridgehead atoms. The van der Waals surface area contributed by atoms with Crippen LogP contribution in [0.5, 0.6) is 0 Å². The largest absolute Gasteiger partial charge is 0.480 e. The quantitative estimate of drug-likeness (QED) is 0.696. The molecule has 0 fully saturated rings. The molecule has 0 unspecified atom stereocenters. The SMILES string of the molecule is O=C(O)CNC(=O)CSc1nnnn1Cc1cccs1. The van der Waals surface area contributed by atoms with Gasteiger partial charge in [0.2, 0.25) is 11.1 Å². The average molecular weight is 313 g/mol. The Morgan fingerprint density at radius 2 is 2.35 bits per heavy atom. The van der Waals surface area contributed by atoms with Gasteiger partial charge >= 0.3 is 5.97 Å². The molecule has 2 aromatic heterocycles. The van der Waals surface area contributed by atoms with Gasteiger partial charge in [-0.05, 0) is 21.9 Å². The lowest BCUT2D eigenvalue weighted by Crippen LogP contribution is -2.30. The van der Waals surface area contributed by atoms with Crippen LogP contribution in [0.1, 0.15) is 4.88 Å². The van der Waals surface area contributed by atoms with E-state index in [4.69, 9.17) is 5.11 Å². The molecule has 0 aliphatic heterocycles. The Kier molecular flexibility index (Phi) is 5.07. The first-order chi connectivity index (χ1) is 9.65. The summed E-state index contributed by atoms with van der Waals surface area (Å²) in [5.41, 5.74) is 0. The molecule has 0 aromatic carbocycles. The average Bonchev–Trinajstić information content (AvgIpc) is 3.06. The number of aromatic nitrogens is 4. The van der Waals surface area contributed by atoms with E-state index >= 15 is 0 Å². The van der Waals surface area contributed by atoms with E-state index in [0.29, 0.717) is 11.7 Å². The Morgan fingerprint density at radius 1 is 1.50 bits per heavy atom. The molecule has 2 aromatic rings. The zero-order valence-corrected chi connectivity index (χ0v) is 11.9. The third-order valence-corrected chi connectivity index (χ3v) is 3.97. The Labute approximate surface area is 122 Å². The zero-order chi connectivity index (χ0) is 14.4. The number of nitrogens with one attached hydrogen (secondary N) is 1. The van der Waals surface area contributed by atoms with Gasteiger partial charge in [-0.2, -0.15) is 0 Å². The summed E-state index contributed by atoms with van der Waals surface area (Å²) in [5, 5.41) is 24.5. The van der Waals surface area contributed by atoms with Crippen LogP contribution in [0.25, 0.3) is 0 Å². The normalized spacial score (nSPS) is 10.4. The summed E-state index contributed by atoms with van der Waals surface area (Å²) in [4.78, 5) is 22.8. The van der Waals surface area contributed by atoms with Gasteiger partial charge in [-0.25, -0.2) is 4.68 Å². The van der Waals surface area contributed by atoms with E-state index < -0.39 is 5.97 Å². The van der Waals surface area contributed by atoms with Crippen LogP contribution in [0, 0.1) is 0 Å². The number of tetrazole rings is 1. The number of aliphatic carboxylic acids is 1. The predicted molar refractivity (Wildman–Crippen MR) is 72.6 cm³/mol. The maximum Gasteiger partial charge on any atom is 0.322 e. The van der Waals surface area contributed by atoms with Gasteiger partial charge in [-0.1, -0.05) is 17.8 Å². The van der Waals surface area contributed by atoms with Crippen LogP contribution in [-0.2, 0) is 16.1 Å². The van der Waals surface area contributed by atoms with E-state index in [1.807, 2.05) is 17.5 Å². The molecule has 2 rings (SSSR count). The van der Waals surface area contributed by atoms with E-state index in [0.717, 1.165) is 16.6 Å². The molecule has 10 heteroatoms. The lowest BCUT2D eigenvalue weighted by Gasteiger charge is -2.03. The fourth-order valence-electron chi connectivity index (χ4n) is 1.30. The van der Waals surface area contributed by atoms with Crippen LogP contribution in [-0.4, -0.2) is 49.5 Å². The molecule has 20 heavy (non-hydrogen) atoms. The summed E-state index contributed by atoms with van der Waals surface area (Å²) in [6.45, 7) is 0.156. The molecule has 2 heterocycles. The number of rotatable bonds is 7. The van der Waals surface area contributed by atoms with Crippen LogP contribution in [0.4, 0.5) is 0 Å². The van der Waals surface area contributed by atoms with Crippen molar-refractivity contribution in [1.29, 1.82) is 0 Å². The van der Waals surface area contributed by atoms with Gasteiger partial charge in [-0.3, -0.25) is 9.59 Å². The summed E-state index contributed by atoms with van der Waals surface area (Å²) in [7, 11) is 0. The summed E-state index contributed by atoms with van der Waals surface area (Å²) in [6, 6.07) is 3.91. The number of thiophene rings is 1. The lowest BCUT2D eigenvalue weighted by molar-refractivity contribution is -0.137. The highest BCUT2D eigenvalue weighted by Crippen LogP contribution is 2.16. The van der Waals surface area contributed by atoms with Gasteiger partial charge in [0.1, 0.15) is 6.54 Å². The fourth-order valence-corrected chi connectivity index (χ4v) is 2.70. The molecule has 106 valence electrons. The van der Waals surface area contributed by atoms with Crippen molar-refractivity contribution in [2.45, 2.75) is 11.7 Å². The maximum absolute atomic E-state index is 11.4. The summed E-state index contributed by atoms with van der Waals surface area (Å²) in [6.07, 6.45) is 0. The lowest BCUT2D eigenvalue weighted by atomic mass is 10.5. The molecule has 0 aliphatic carbocycles. The van der Waals surface area contributed by atoms with E-state index in [1.54, 1.807) is 16.0 Å². The van der Waals surface area contributed by atoms with Gasteiger partial charge in [0.05, 0.1) is 12.3 Å². The number of carboxylic acids is 1. The molecule has 0 atom stereocenters. The summed E-state index contributed by atoms with van der Waals surface area (Å²) in [5.74, 6) is -1.38. The Morgan fingerprint density at radius 3 is 3.05 bits per heavy atom. The second-order valence-electron chi connectivity index (χ2n) is 3.66. The van der Waals surface area contributed by atoms with Gasteiger partial charge in [0.15, 0.2) is 0 Å². The first kappa shape index (κ1) is 14.5. The van der Waals surface area contributed by atoms with Gasteiger partial charge < -0.3 is 10.4 Å². The van der Waals surface area contributed by atoms with Crippen molar-refractivity contribution in [2.24, 2.45) is 0 Å². The van der Waals surface area contributed by atoms with E-state index in [-0.39, 0.29) is 18.2 Å². The smallest absolute Gasteiger partial charge is 0.322 e. The van der Waals surface area contributed by atoms with Crippen LogP contribution in [0.2, 0.25) is 0 Å². The Bertz CT molecular complexity index is 583. The van der Waals surface area contributed by atoms with Crippen LogP contribution >= 0.6 is 23.1 Å². The molecular formula is C10H11N5O3S2. The highest BCUT2D eigenvalue weighted by molar-refractivity contribution is 7.99. The van der Waals surface area contributed by atoms with Crippen LogP contribution in [0.15, 0.2) is 22.7 Å². The monoisotopic (exact) mass is 313 g/mol. The Balaban J connectivity index is 1.86. The zero-order valence-electron chi connectivity index (χ0n) is 10.2. The highest BCUT2D eigenvalue weighted by Gasteiger charge is 2.11. The summed E-state index contributed by atoms with van der Waals surface area (Å²) >= 11 is 2.76. The fraction of sp³-hybridized carbons (Fsp3) is 0.300. The van der Waals surface area contributed by atoms with Crippen LogP contribution in [0.3, 0.4) is 0 Å². The highest BCUT2D eigenvalue weighted by atomic mass is 32.2. The van der Waals surface area contributed by atoms with Gasteiger partial charge in [-0.15, -0.1) is 16.4 Å². The van der Waals surface area contributed by atoms with Crippen LogP contribution < -0.4 is 5.32 Å². The second kappa shape index (κ2) is 7.01. The van der Waals surface area contributed by atoms with Crippen molar-refractivity contribution in [3.05, 3.63) is 22.4 Å². The number of hydrogen-bond donors (Lipinski definition) is 2. The first-order valence-electron chi connectivity index (χ1n) is 5.55. The van der Waals surface area contributed by atoms with E-state index in [9.17, 15) is 9.59 Å². The first-order valence-corrected chi connectivity index (χ1v) is 7.41. The predicted octanol–water partition coefficient (Wildman–Crippen LogP) is 0.0758. The molecule has 0 aliphatic rings. The number of carboxylic acid groups (broad SMARTS) is 1.